The van der Waals surface area contributed by atoms with Gasteiger partial charge in [0.15, 0.2) is 11.5 Å². The van der Waals surface area contributed by atoms with Gasteiger partial charge in [-0.25, -0.2) is 4.68 Å². The lowest BCUT2D eigenvalue weighted by atomic mass is 9.94. The van der Waals surface area contributed by atoms with Crippen LogP contribution in [0.4, 0.5) is 0 Å². The van der Waals surface area contributed by atoms with Gasteiger partial charge in [-0.05, 0) is 25.0 Å². The lowest BCUT2D eigenvalue weighted by molar-refractivity contribution is 0.0972. The van der Waals surface area contributed by atoms with Crippen LogP contribution in [0.3, 0.4) is 0 Å². The van der Waals surface area contributed by atoms with Gasteiger partial charge in [0, 0.05) is 11.4 Å². The molecular weight excluding hydrogens is 333 g/mol. The molecule has 0 amide bonds. The Morgan fingerprint density at radius 3 is 2.48 bits per heavy atom. The Morgan fingerprint density at radius 2 is 1.86 bits per heavy atom. The quantitative estimate of drug-likeness (QED) is 0.781. The third-order valence-corrected chi connectivity index (χ3v) is 4.17. The summed E-state index contributed by atoms with van der Waals surface area (Å²) in [5, 5.41) is 14.4. The van der Waals surface area contributed by atoms with E-state index >= 15 is 0 Å². The van der Waals surface area contributed by atoms with Gasteiger partial charge in [-0.3, -0.25) is 4.79 Å². The van der Waals surface area contributed by atoms with E-state index in [2.05, 4.69) is 5.10 Å². The van der Waals surface area contributed by atoms with Gasteiger partial charge >= 0.3 is 0 Å². The molecule has 0 spiro atoms. The third-order valence-electron chi connectivity index (χ3n) is 3.38. The van der Waals surface area contributed by atoms with Crippen molar-refractivity contribution in [3.63, 3.8) is 0 Å². The summed E-state index contributed by atoms with van der Waals surface area (Å²) in [5.41, 5.74) is 1.60. The zero-order valence-corrected chi connectivity index (χ0v) is 12.9. The summed E-state index contributed by atoms with van der Waals surface area (Å²) in [6.45, 7) is 0. The van der Waals surface area contributed by atoms with E-state index in [-0.39, 0.29) is 11.5 Å². The van der Waals surface area contributed by atoms with Crippen LogP contribution < -0.4 is 0 Å². The molecule has 1 aliphatic carbocycles. The number of carbonyl (C=O) groups is 1. The number of aromatic nitrogens is 2. The van der Waals surface area contributed by atoms with E-state index in [4.69, 9.17) is 34.8 Å². The maximum atomic E-state index is 12.0. The number of carbonyl (C=O) groups excluding carboxylic acids is 1. The Balaban J connectivity index is 2.31. The lowest BCUT2D eigenvalue weighted by Gasteiger charge is -2.15. The van der Waals surface area contributed by atoms with E-state index in [1.807, 2.05) is 6.07 Å². The summed E-state index contributed by atoms with van der Waals surface area (Å²) in [6, 6.07) is 5.06. The topological polar surface area (TPSA) is 58.7 Å². The van der Waals surface area contributed by atoms with Crippen molar-refractivity contribution in [1.29, 1.82) is 5.26 Å². The molecular formula is C14H8Cl3N3O. The fraction of sp³-hybridized carbons (Fsp3) is 0.214. The zero-order valence-electron chi connectivity index (χ0n) is 10.7. The molecule has 3 rings (SSSR count). The second kappa shape index (κ2) is 5.34. The van der Waals surface area contributed by atoms with Crippen molar-refractivity contribution < 1.29 is 4.79 Å². The summed E-state index contributed by atoms with van der Waals surface area (Å²) >= 11 is 18.3. The number of Topliss-reactive ketones (excluding diaryl/α,β-unsaturated/α-hetero) is 1. The second-order valence-corrected chi connectivity index (χ2v) is 5.94. The molecule has 0 radical (unpaired) electrons. The SMILES string of the molecule is N#Cc1nn(-c2c(Cl)cc(Cl)cc2Cl)c2c1C(=O)CCC2. The van der Waals surface area contributed by atoms with Gasteiger partial charge in [-0.1, -0.05) is 34.8 Å². The number of nitriles is 1. The highest BCUT2D eigenvalue weighted by Crippen LogP contribution is 2.35. The summed E-state index contributed by atoms with van der Waals surface area (Å²) in [6.07, 6.45) is 1.78. The van der Waals surface area contributed by atoms with Gasteiger partial charge in [0.1, 0.15) is 11.8 Å². The molecule has 1 aliphatic rings. The van der Waals surface area contributed by atoms with Gasteiger partial charge in [0.2, 0.25) is 0 Å². The number of hydrogen-bond donors (Lipinski definition) is 0. The molecule has 106 valence electrons. The fourth-order valence-corrected chi connectivity index (χ4v) is 3.50. The molecule has 0 N–H and O–H groups in total. The molecule has 0 unspecified atom stereocenters. The van der Waals surface area contributed by atoms with Crippen LogP contribution in [0.5, 0.6) is 0 Å². The predicted molar refractivity (Wildman–Crippen MR) is 80.6 cm³/mol. The minimum absolute atomic E-state index is 0.0692. The van der Waals surface area contributed by atoms with Crippen molar-refractivity contribution >= 4 is 40.6 Å². The monoisotopic (exact) mass is 339 g/mol. The molecule has 1 aromatic carbocycles. The van der Waals surface area contributed by atoms with E-state index in [9.17, 15) is 10.1 Å². The highest BCUT2D eigenvalue weighted by Gasteiger charge is 2.29. The van der Waals surface area contributed by atoms with E-state index in [0.29, 0.717) is 51.3 Å². The molecule has 0 fully saturated rings. The van der Waals surface area contributed by atoms with Crippen LogP contribution in [0.25, 0.3) is 5.69 Å². The Kier molecular flexibility index (Phi) is 3.66. The van der Waals surface area contributed by atoms with Crippen LogP contribution in [0.2, 0.25) is 15.1 Å². The molecule has 2 aromatic rings. The molecule has 0 saturated carbocycles. The number of nitrogens with zero attached hydrogens (tertiary/aromatic N) is 3. The van der Waals surface area contributed by atoms with Crippen molar-refractivity contribution in [3.8, 4) is 11.8 Å². The molecule has 1 aromatic heterocycles. The number of fused-ring (bicyclic) bond motifs is 1. The molecule has 21 heavy (non-hydrogen) atoms. The van der Waals surface area contributed by atoms with Crippen LogP contribution in [0.1, 0.15) is 34.6 Å². The molecule has 4 nitrogen and oxygen atoms in total. The first-order chi connectivity index (χ1) is 10.0. The van der Waals surface area contributed by atoms with Gasteiger partial charge in [-0.15, -0.1) is 0 Å². The zero-order chi connectivity index (χ0) is 15.1. The molecule has 7 heteroatoms. The minimum atomic E-state index is -0.0692. The molecule has 0 saturated heterocycles. The summed E-state index contributed by atoms with van der Waals surface area (Å²) in [4.78, 5) is 12.0. The largest absolute Gasteiger partial charge is 0.294 e. The van der Waals surface area contributed by atoms with Crippen molar-refractivity contribution in [2.24, 2.45) is 0 Å². The van der Waals surface area contributed by atoms with E-state index in [0.717, 1.165) is 0 Å². The normalized spacial score (nSPS) is 13.9. The van der Waals surface area contributed by atoms with Crippen molar-refractivity contribution in [2.75, 3.05) is 0 Å². The van der Waals surface area contributed by atoms with Crippen molar-refractivity contribution in [3.05, 3.63) is 44.2 Å². The van der Waals surface area contributed by atoms with Gasteiger partial charge in [0.25, 0.3) is 0 Å². The van der Waals surface area contributed by atoms with Crippen molar-refractivity contribution in [1.82, 2.24) is 9.78 Å². The van der Waals surface area contributed by atoms with Crippen LogP contribution in [-0.2, 0) is 6.42 Å². The maximum Gasteiger partial charge on any atom is 0.174 e. The first kappa shape index (κ1) is 14.4. The second-order valence-electron chi connectivity index (χ2n) is 4.69. The minimum Gasteiger partial charge on any atom is -0.294 e. The standard InChI is InChI=1S/C14H8Cl3N3O/c15-7-4-8(16)14(9(17)5-7)20-11-2-1-3-12(21)13(11)10(6-18)19-20/h4-5H,1-3H2. The third kappa shape index (κ3) is 2.32. The smallest absolute Gasteiger partial charge is 0.174 e. The Bertz CT molecular complexity index is 782. The number of halogens is 3. The van der Waals surface area contributed by atoms with Gasteiger partial charge < -0.3 is 0 Å². The Hall–Kier alpha value is -1.54. The number of ketones is 1. The highest BCUT2D eigenvalue weighted by molar-refractivity contribution is 6.40. The number of rotatable bonds is 1. The Morgan fingerprint density at radius 1 is 1.19 bits per heavy atom. The summed E-state index contributed by atoms with van der Waals surface area (Å²) in [7, 11) is 0. The maximum absolute atomic E-state index is 12.0. The average molecular weight is 341 g/mol. The van der Waals surface area contributed by atoms with Gasteiger partial charge in [-0.2, -0.15) is 10.4 Å². The van der Waals surface area contributed by atoms with Crippen molar-refractivity contribution in [2.45, 2.75) is 19.3 Å². The molecule has 1 heterocycles. The fourth-order valence-electron chi connectivity index (χ4n) is 2.52. The molecule has 0 aliphatic heterocycles. The predicted octanol–water partition coefficient (Wildman–Crippen LogP) is 4.22. The van der Waals surface area contributed by atoms with Crippen LogP contribution >= 0.6 is 34.8 Å². The summed E-state index contributed by atoms with van der Waals surface area (Å²) < 4.78 is 1.49. The summed E-state index contributed by atoms with van der Waals surface area (Å²) in [5.74, 6) is -0.0692. The highest BCUT2D eigenvalue weighted by atomic mass is 35.5. The van der Waals surface area contributed by atoms with E-state index < -0.39 is 0 Å². The van der Waals surface area contributed by atoms with Gasteiger partial charge in [0.05, 0.1) is 21.3 Å². The molecule has 0 atom stereocenters. The van der Waals surface area contributed by atoms with E-state index in [1.54, 1.807) is 12.1 Å². The average Bonchev–Trinajstić information content (AvgIpc) is 2.78. The Labute approximate surface area is 135 Å². The molecule has 0 bridgehead atoms. The first-order valence-corrected chi connectivity index (χ1v) is 7.36. The van der Waals surface area contributed by atoms with Crippen LogP contribution in [-0.4, -0.2) is 15.6 Å². The van der Waals surface area contributed by atoms with Crippen LogP contribution in [0.15, 0.2) is 12.1 Å². The van der Waals surface area contributed by atoms with Crippen LogP contribution in [0, 0.1) is 11.3 Å². The number of benzene rings is 1. The first-order valence-electron chi connectivity index (χ1n) is 6.23. The van der Waals surface area contributed by atoms with E-state index in [1.165, 1.54) is 4.68 Å². The number of hydrogen-bond acceptors (Lipinski definition) is 3. The lowest BCUT2D eigenvalue weighted by Crippen LogP contribution is -2.13.